The number of piperazine rings is 1. The van der Waals surface area contributed by atoms with Gasteiger partial charge in [0.05, 0.1) is 39.3 Å². The summed E-state index contributed by atoms with van der Waals surface area (Å²) in [6, 6.07) is 22.9. The van der Waals surface area contributed by atoms with E-state index >= 15 is 0 Å². The van der Waals surface area contributed by atoms with E-state index in [9.17, 15) is 4.79 Å². The molecule has 0 spiro atoms. The van der Waals surface area contributed by atoms with Crippen LogP contribution in [0.4, 0.5) is 5.69 Å². The number of carbonyl (C=O) groups excluding carboxylic acids is 1. The molecule has 2 N–H and O–H groups in total. The summed E-state index contributed by atoms with van der Waals surface area (Å²) in [5.74, 6) is 0.990. The molecule has 1 fully saturated rings. The van der Waals surface area contributed by atoms with Gasteiger partial charge in [-0.15, -0.1) is 0 Å². The van der Waals surface area contributed by atoms with Gasteiger partial charge in [0.1, 0.15) is 5.75 Å². The Bertz CT molecular complexity index is 995. The second-order valence-electron chi connectivity index (χ2n) is 8.01. The van der Waals surface area contributed by atoms with E-state index in [1.807, 2.05) is 24.3 Å². The van der Waals surface area contributed by atoms with Crippen molar-refractivity contribution in [2.45, 2.75) is 13.0 Å². The lowest BCUT2D eigenvalue weighted by Crippen LogP contribution is -3.15. The van der Waals surface area contributed by atoms with Crippen molar-refractivity contribution in [2.75, 3.05) is 44.7 Å². The molecule has 1 saturated heterocycles. The summed E-state index contributed by atoms with van der Waals surface area (Å²) in [5, 5.41) is 5.60. The second kappa shape index (κ2) is 9.18. The minimum atomic E-state index is 0.00194. The largest absolute Gasteiger partial charge is 0.497 e. The number of nitrogens with one attached hydrogen (secondary N) is 2. The Balaban J connectivity index is 1.27. The van der Waals surface area contributed by atoms with Crippen LogP contribution in [0.15, 0.2) is 66.7 Å². The molecular formula is C25H30N3O2+. The first-order chi connectivity index (χ1) is 14.6. The maximum atomic E-state index is 12.6. The highest BCUT2D eigenvalue weighted by atomic mass is 16.5. The first kappa shape index (κ1) is 20.2. The van der Waals surface area contributed by atoms with Crippen molar-refractivity contribution in [1.29, 1.82) is 0 Å². The molecule has 30 heavy (non-hydrogen) atoms. The van der Waals surface area contributed by atoms with E-state index in [1.165, 1.54) is 21.4 Å². The minimum absolute atomic E-state index is 0.00194. The maximum Gasteiger partial charge on any atom is 0.275 e. The van der Waals surface area contributed by atoms with E-state index in [1.54, 1.807) is 7.11 Å². The zero-order valence-electron chi connectivity index (χ0n) is 17.7. The summed E-state index contributed by atoms with van der Waals surface area (Å²) in [5.41, 5.74) is 2.35. The highest BCUT2D eigenvalue weighted by Gasteiger charge is 2.23. The van der Waals surface area contributed by atoms with Gasteiger partial charge in [0, 0.05) is 5.69 Å². The Kier molecular flexibility index (Phi) is 6.19. The molecule has 3 aromatic carbocycles. The van der Waals surface area contributed by atoms with Gasteiger partial charge in [0.2, 0.25) is 0 Å². The van der Waals surface area contributed by atoms with Crippen molar-refractivity contribution < 1.29 is 14.4 Å². The van der Waals surface area contributed by atoms with Gasteiger partial charge < -0.3 is 19.9 Å². The van der Waals surface area contributed by atoms with Crippen LogP contribution in [-0.4, -0.2) is 45.7 Å². The quantitative estimate of drug-likeness (QED) is 0.663. The molecule has 1 aliphatic heterocycles. The molecule has 1 aliphatic rings. The molecule has 1 amide bonds. The molecular weight excluding hydrogens is 374 g/mol. The zero-order chi connectivity index (χ0) is 20.9. The van der Waals surface area contributed by atoms with Gasteiger partial charge in [-0.05, 0) is 53.6 Å². The number of ether oxygens (including phenoxy) is 1. The molecule has 0 unspecified atom stereocenters. The Morgan fingerprint density at radius 2 is 1.73 bits per heavy atom. The standard InChI is InChI=1S/C25H29N3O2/c1-19(21-8-7-20-5-3-4-6-22(20)17-21)26-25(29)18-27-13-15-28(16-14-27)23-9-11-24(30-2)12-10-23/h3-12,17,19H,13-16,18H2,1-2H3,(H,26,29)/p+1/t19-/m1/s1. The van der Waals surface area contributed by atoms with Gasteiger partial charge in [-0.3, -0.25) is 4.79 Å². The number of nitrogens with zero attached hydrogens (tertiary/aromatic N) is 1. The smallest absolute Gasteiger partial charge is 0.275 e. The number of fused-ring (bicyclic) bond motifs is 1. The highest BCUT2D eigenvalue weighted by molar-refractivity contribution is 5.83. The molecule has 5 heteroatoms. The Labute approximate surface area is 178 Å². The fraction of sp³-hybridized carbons (Fsp3) is 0.320. The Hall–Kier alpha value is -3.05. The van der Waals surface area contributed by atoms with Crippen molar-refractivity contribution >= 4 is 22.4 Å². The molecule has 0 saturated carbocycles. The summed E-state index contributed by atoms with van der Waals surface area (Å²) in [7, 11) is 1.68. The van der Waals surface area contributed by atoms with Crippen LogP contribution >= 0.6 is 0 Å². The summed E-state index contributed by atoms with van der Waals surface area (Å²) in [6.07, 6.45) is 0. The lowest BCUT2D eigenvalue weighted by Gasteiger charge is -2.33. The summed E-state index contributed by atoms with van der Waals surface area (Å²) < 4.78 is 5.23. The van der Waals surface area contributed by atoms with E-state index in [0.717, 1.165) is 37.5 Å². The van der Waals surface area contributed by atoms with Crippen LogP contribution in [0.5, 0.6) is 5.75 Å². The van der Waals surface area contributed by atoms with Crippen LogP contribution in [0, 0.1) is 0 Å². The van der Waals surface area contributed by atoms with Gasteiger partial charge >= 0.3 is 0 Å². The molecule has 4 rings (SSSR count). The van der Waals surface area contributed by atoms with Crippen molar-refractivity contribution in [3.05, 3.63) is 72.3 Å². The predicted molar refractivity (Wildman–Crippen MR) is 121 cm³/mol. The van der Waals surface area contributed by atoms with Crippen molar-refractivity contribution in [2.24, 2.45) is 0 Å². The van der Waals surface area contributed by atoms with E-state index in [0.29, 0.717) is 6.54 Å². The number of carbonyl (C=O) groups is 1. The molecule has 1 heterocycles. The fourth-order valence-corrected chi connectivity index (χ4v) is 4.13. The van der Waals surface area contributed by atoms with Crippen molar-refractivity contribution in [3.8, 4) is 5.75 Å². The van der Waals surface area contributed by atoms with Gasteiger partial charge in [-0.1, -0.05) is 36.4 Å². The van der Waals surface area contributed by atoms with Crippen LogP contribution in [0.2, 0.25) is 0 Å². The SMILES string of the molecule is COc1ccc(N2CC[NH+](CC(=O)N[C@H](C)c3ccc4ccccc4c3)CC2)cc1. The average molecular weight is 405 g/mol. The molecule has 156 valence electrons. The number of amides is 1. The van der Waals surface area contributed by atoms with Gasteiger partial charge in [0.25, 0.3) is 5.91 Å². The number of methoxy groups -OCH3 is 1. The minimum Gasteiger partial charge on any atom is -0.497 e. The van der Waals surface area contributed by atoms with E-state index in [4.69, 9.17) is 4.74 Å². The van der Waals surface area contributed by atoms with Crippen molar-refractivity contribution in [3.63, 3.8) is 0 Å². The van der Waals surface area contributed by atoms with Crippen LogP contribution in [0.1, 0.15) is 18.5 Å². The van der Waals surface area contributed by atoms with E-state index in [-0.39, 0.29) is 11.9 Å². The molecule has 0 aliphatic carbocycles. The third-order valence-electron chi connectivity index (χ3n) is 5.97. The summed E-state index contributed by atoms with van der Waals surface area (Å²) in [4.78, 5) is 16.3. The topological polar surface area (TPSA) is 46.0 Å². The number of hydrogen-bond donors (Lipinski definition) is 2. The third-order valence-corrected chi connectivity index (χ3v) is 5.97. The van der Waals surface area contributed by atoms with Crippen molar-refractivity contribution in [1.82, 2.24) is 5.32 Å². The molecule has 3 aromatic rings. The van der Waals surface area contributed by atoms with Crippen LogP contribution in [-0.2, 0) is 4.79 Å². The second-order valence-corrected chi connectivity index (χ2v) is 8.01. The molecule has 0 radical (unpaired) electrons. The van der Waals surface area contributed by atoms with Crippen LogP contribution in [0.25, 0.3) is 10.8 Å². The van der Waals surface area contributed by atoms with Crippen LogP contribution < -0.4 is 19.9 Å². The van der Waals surface area contributed by atoms with Gasteiger partial charge in [0.15, 0.2) is 6.54 Å². The summed E-state index contributed by atoms with van der Waals surface area (Å²) in [6.45, 7) is 6.41. The molecule has 1 atom stereocenters. The Morgan fingerprint density at radius 1 is 1.03 bits per heavy atom. The predicted octanol–water partition coefficient (Wildman–Crippen LogP) is 2.43. The number of benzene rings is 3. The first-order valence-electron chi connectivity index (χ1n) is 10.6. The van der Waals surface area contributed by atoms with E-state index < -0.39 is 0 Å². The average Bonchev–Trinajstić information content (AvgIpc) is 2.79. The molecule has 5 nitrogen and oxygen atoms in total. The van der Waals surface area contributed by atoms with E-state index in [2.05, 4.69) is 59.6 Å². The number of rotatable bonds is 6. The first-order valence-corrected chi connectivity index (χ1v) is 10.6. The normalized spacial score (nSPS) is 15.7. The molecule has 0 bridgehead atoms. The van der Waals surface area contributed by atoms with Crippen LogP contribution in [0.3, 0.4) is 0 Å². The molecule has 0 aromatic heterocycles. The monoisotopic (exact) mass is 404 g/mol. The fourth-order valence-electron chi connectivity index (χ4n) is 4.13. The number of quaternary nitrogens is 1. The zero-order valence-corrected chi connectivity index (χ0v) is 17.7. The van der Waals surface area contributed by atoms with Gasteiger partial charge in [-0.25, -0.2) is 0 Å². The Morgan fingerprint density at radius 3 is 2.43 bits per heavy atom. The lowest BCUT2D eigenvalue weighted by atomic mass is 10.0. The third kappa shape index (κ3) is 4.74. The lowest BCUT2D eigenvalue weighted by molar-refractivity contribution is -0.892. The van der Waals surface area contributed by atoms with Gasteiger partial charge in [-0.2, -0.15) is 0 Å². The summed E-state index contributed by atoms with van der Waals surface area (Å²) >= 11 is 0. The maximum absolute atomic E-state index is 12.6. The highest BCUT2D eigenvalue weighted by Crippen LogP contribution is 2.20. The number of hydrogen-bond acceptors (Lipinski definition) is 3. The number of anilines is 1.